The van der Waals surface area contributed by atoms with E-state index in [1.165, 1.54) is 0 Å². The number of hydrogen-bond acceptors (Lipinski definition) is 4. The smallest absolute Gasteiger partial charge is 0.137 e. The molecule has 0 aromatic carbocycles. The van der Waals surface area contributed by atoms with Crippen molar-refractivity contribution in [1.29, 1.82) is 0 Å². The number of aromatic nitrogens is 3. The number of pyridine rings is 1. The van der Waals surface area contributed by atoms with Crippen LogP contribution in [0.5, 0.6) is 5.75 Å². The molecule has 0 atom stereocenters. The molecule has 0 aliphatic heterocycles. The lowest BCUT2D eigenvalue weighted by Crippen LogP contribution is -2.12. The molecular formula is C14H20N4O. The molecule has 0 unspecified atom stereocenters. The number of ether oxygens (including phenoxy) is 1. The van der Waals surface area contributed by atoms with Crippen molar-refractivity contribution in [2.75, 3.05) is 13.2 Å². The number of nitrogens with one attached hydrogen (secondary N) is 1. The van der Waals surface area contributed by atoms with Crippen molar-refractivity contribution in [2.24, 2.45) is 7.05 Å². The van der Waals surface area contributed by atoms with Crippen molar-refractivity contribution in [3.05, 3.63) is 42.0 Å². The lowest BCUT2D eigenvalue weighted by molar-refractivity contribution is 0.317. The Hall–Kier alpha value is -1.88. The van der Waals surface area contributed by atoms with Gasteiger partial charge in [0.2, 0.25) is 0 Å². The first kappa shape index (κ1) is 13.5. The fourth-order valence-electron chi connectivity index (χ4n) is 1.77. The van der Waals surface area contributed by atoms with Crippen molar-refractivity contribution in [3.8, 4) is 5.75 Å². The molecule has 2 rings (SSSR count). The van der Waals surface area contributed by atoms with Crippen molar-refractivity contribution >= 4 is 0 Å². The van der Waals surface area contributed by atoms with E-state index in [1.54, 1.807) is 12.4 Å². The van der Waals surface area contributed by atoms with Gasteiger partial charge in [-0.15, -0.1) is 0 Å². The Morgan fingerprint density at radius 1 is 1.32 bits per heavy atom. The summed E-state index contributed by atoms with van der Waals surface area (Å²) in [7, 11) is 1.94. The molecule has 2 heterocycles. The van der Waals surface area contributed by atoms with Gasteiger partial charge in [-0.25, -0.2) is 0 Å². The molecule has 102 valence electrons. The second kappa shape index (κ2) is 6.89. The molecule has 2 aromatic heterocycles. The van der Waals surface area contributed by atoms with E-state index in [9.17, 15) is 0 Å². The number of hydrogen-bond donors (Lipinski definition) is 1. The van der Waals surface area contributed by atoms with E-state index in [0.29, 0.717) is 6.61 Å². The van der Waals surface area contributed by atoms with E-state index < -0.39 is 0 Å². The number of nitrogens with zero attached hydrogens (tertiary/aromatic N) is 3. The molecule has 19 heavy (non-hydrogen) atoms. The topological polar surface area (TPSA) is 52.0 Å². The average molecular weight is 260 g/mol. The highest BCUT2D eigenvalue weighted by Gasteiger charge is 2.00. The van der Waals surface area contributed by atoms with E-state index >= 15 is 0 Å². The zero-order valence-corrected chi connectivity index (χ0v) is 11.5. The van der Waals surface area contributed by atoms with Gasteiger partial charge >= 0.3 is 0 Å². The molecule has 5 nitrogen and oxygen atoms in total. The van der Waals surface area contributed by atoms with Crippen molar-refractivity contribution < 1.29 is 4.74 Å². The van der Waals surface area contributed by atoms with Crippen LogP contribution in [-0.2, 0) is 20.0 Å². The van der Waals surface area contributed by atoms with Crippen LogP contribution in [0, 0.1) is 0 Å². The highest BCUT2D eigenvalue weighted by atomic mass is 16.5. The molecule has 0 fully saturated rings. The Bertz CT molecular complexity index is 492. The number of aryl methyl sites for hydroxylation is 1. The molecular weight excluding hydrogens is 240 g/mol. The van der Waals surface area contributed by atoms with E-state index in [4.69, 9.17) is 4.74 Å². The molecule has 0 aliphatic carbocycles. The molecule has 0 bridgehead atoms. The minimum Gasteiger partial charge on any atom is -0.492 e. The molecule has 1 N–H and O–H groups in total. The highest BCUT2D eigenvalue weighted by molar-refractivity contribution is 5.19. The van der Waals surface area contributed by atoms with E-state index in [0.717, 1.165) is 36.6 Å². The minimum atomic E-state index is 0.633. The predicted molar refractivity (Wildman–Crippen MR) is 74.0 cm³/mol. The molecule has 0 aliphatic rings. The van der Waals surface area contributed by atoms with Gasteiger partial charge in [-0.2, -0.15) is 5.10 Å². The fraction of sp³-hybridized carbons (Fsp3) is 0.429. The van der Waals surface area contributed by atoms with E-state index in [1.807, 2.05) is 29.9 Å². The van der Waals surface area contributed by atoms with Crippen LogP contribution >= 0.6 is 0 Å². The van der Waals surface area contributed by atoms with Crippen LogP contribution in [0.15, 0.2) is 30.6 Å². The van der Waals surface area contributed by atoms with Gasteiger partial charge in [-0.3, -0.25) is 9.67 Å². The molecule has 0 saturated carbocycles. The summed E-state index contributed by atoms with van der Waals surface area (Å²) in [5.74, 6) is 0.808. The maximum Gasteiger partial charge on any atom is 0.137 e. The third-order valence-electron chi connectivity index (χ3n) is 2.90. The second-order valence-electron chi connectivity index (χ2n) is 4.31. The standard InChI is InChI=1S/C14H20N4O/c1-3-15-10-12-4-5-14(11-16-12)19-9-7-13-6-8-17-18(13)2/h4-6,8,11,15H,3,7,9-10H2,1-2H3. The van der Waals surface area contributed by atoms with Crippen molar-refractivity contribution in [3.63, 3.8) is 0 Å². The van der Waals surface area contributed by atoms with Gasteiger partial charge in [-0.1, -0.05) is 6.92 Å². The largest absolute Gasteiger partial charge is 0.492 e. The monoisotopic (exact) mass is 260 g/mol. The van der Waals surface area contributed by atoms with Crippen LogP contribution in [0.25, 0.3) is 0 Å². The fourth-order valence-corrected chi connectivity index (χ4v) is 1.77. The van der Waals surface area contributed by atoms with Gasteiger partial charge in [0.05, 0.1) is 18.5 Å². The Morgan fingerprint density at radius 3 is 2.84 bits per heavy atom. The van der Waals surface area contributed by atoms with Crippen LogP contribution in [0.3, 0.4) is 0 Å². The first-order chi connectivity index (χ1) is 9.29. The van der Waals surface area contributed by atoms with Crippen LogP contribution < -0.4 is 10.1 Å². The highest BCUT2D eigenvalue weighted by Crippen LogP contribution is 2.10. The van der Waals surface area contributed by atoms with Gasteiger partial charge in [0.15, 0.2) is 0 Å². The Morgan fingerprint density at radius 2 is 2.21 bits per heavy atom. The molecule has 0 radical (unpaired) electrons. The molecule has 0 saturated heterocycles. The summed E-state index contributed by atoms with van der Waals surface area (Å²) in [6.07, 6.45) is 4.41. The Kier molecular flexibility index (Phi) is 4.92. The summed E-state index contributed by atoms with van der Waals surface area (Å²) < 4.78 is 7.53. The van der Waals surface area contributed by atoms with Gasteiger partial charge < -0.3 is 10.1 Å². The first-order valence-electron chi connectivity index (χ1n) is 6.55. The summed E-state index contributed by atoms with van der Waals surface area (Å²) in [6.45, 7) is 4.46. The zero-order valence-electron chi connectivity index (χ0n) is 11.5. The predicted octanol–water partition coefficient (Wildman–Crippen LogP) is 1.55. The van der Waals surface area contributed by atoms with Crippen LogP contribution in [0.2, 0.25) is 0 Å². The van der Waals surface area contributed by atoms with Crippen LogP contribution in [0.1, 0.15) is 18.3 Å². The van der Waals surface area contributed by atoms with Gasteiger partial charge in [-0.05, 0) is 24.7 Å². The van der Waals surface area contributed by atoms with E-state index in [2.05, 4.69) is 22.3 Å². The molecule has 0 amide bonds. The zero-order chi connectivity index (χ0) is 13.5. The summed E-state index contributed by atoms with van der Waals surface area (Å²) in [5.41, 5.74) is 2.19. The Labute approximate surface area is 113 Å². The average Bonchev–Trinajstić information content (AvgIpc) is 2.84. The molecule has 2 aromatic rings. The minimum absolute atomic E-state index is 0.633. The second-order valence-corrected chi connectivity index (χ2v) is 4.31. The Balaban J connectivity index is 1.78. The molecule has 5 heteroatoms. The lowest BCUT2D eigenvalue weighted by atomic mass is 10.3. The first-order valence-corrected chi connectivity index (χ1v) is 6.55. The summed E-state index contributed by atoms with van der Waals surface area (Å²) >= 11 is 0. The third-order valence-corrected chi connectivity index (χ3v) is 2.90. The van der Waals surface area contributed by atoms with E-state index in [-0.39, 0.29) is 0 Å². The van der Waals surface area contributed by atoms with Crippen LogP contribution in [0.4, 0.5) is 0 Å². The summed E-state index contributed by atoms with van der Waals surface area (Å²) in [6, 6.07) is 5.95. The third kappa shape index (κ3) is 4.06. The lowest BCUT2D eigenvalue weighted by Gasteiger charge is -2.07. The summed E-state index contributed by atoms with van der Waals surface area (Å²) in [4.78, 5) is 4.34. The maximum absolute atomic E-state index is 5.67. The van der Waals surface area contributed by atoms with Crippen molar-refractivity contribution in [1.82, 2.24) is 20.1 Å². The maximum atomic E-state index is 5.67. The van der Waals surface area contributed by atoms with Gasteiger partial charge in [0, 0.05) is 31.9 Å². The molecule has 0 spiro atoms. The van der Waals surface area contributed by atoms with Crippen LogP contribution in [-0.4, -0.2) is 27.9 Å². The quantitative estimate of drug-likeness (QED) is 0.820. The number of rotatable bonds is 7. The van der Waals surface area contributed by atoms with Gasteiger partial charge in [0.1, 0.15) is 5.75 Å². The summed E-state index contributed by atoms with van der Waals surface area (Å²) in [5, 5.41) is 7.36. The SMILES string of the molecule is CCNCc1ccc(OCCc2ccnn2C)cn1. The van der Waals surface area contributed by atoms with Crippen molar-refractivity contribution in [2.45, 2.75) is 19.9 Å². The normalized spacial score (nSPS) is 10.6. The van der Waals surface area contributed by atoms with Gasteiger partial charge in [0.25, 0.3) is 0 Å².